The second-order valence-corrected chi connectivity index (χ2v) is 5.30. The lowest BCUT2D eigenvalue weighted by Crippen LogP contribution is -2.14. The molecular weight excluding hydrogens is 290 g/mol. The minimum Gasteiger partial charge on any atom is -0.454 e. The first-order valence-electron chi connectivity index (χ1n) is 7.54. The Morgan fingerprint density at radius 3 is 2.52 bits per heavy atom. The van der Waals surface area contributed by atoms with Gasteiger partial charge >= 0.3 is 5.97 Å². The highest BCUT2D eigenvalue weighted by molar-refractivity contribution is 6.05. The number of aromatic nitrogens is 1. The summed E-state index contributed by atoms with van der Waals surface area (Å²) in [4.78, 5) is 27.3. The van der Waals surface area contributed by atoms with Gasteiger partial charge in [-0.15, -0.1) is 0 Å². The van der Waals surface area contributed by atoms with Crippen LogP contribution in [0.3, 0.4) is 0 Å². The number of carbonyl (C=O) groups is 2. The highest BCUT2D eigenvalue weighted by Crippen LogP contribution is 2.18. The van der Waals surface area contributed by atoms with Gasteiger partial charge in [-0.25, -0.2) is 4.79 Å². The van der Waals surface area contributed by atoms with E-state index in [1.165, 1.54) is 0 Å². The molecule has 0 aliphatic heterocycles. The molecule has 4 heteroatoms. The fraction of sp³-hybridized carbons (Fsp3) is 0.158. The Bertz CT molecular complexity index is 846. The molecule has 0 saturated carbocycles. The van der Waals surface area contributed by atoms with Crippen molar-refractivity contribution in [3.63, 3.8) is 0 Å². The standard InChI is InChI=1S/C19H17NO3/c1-2-13-7-9-14(10-8-13)18(21)12-23-19(22)16-11-20-17-6-4-3-5-15(16)17/h3-11,20H,2,12H2,1H3. The molecule has 0 saturated heterocycles. The molecule has 0 bridgehead atoms. The van der Waals surface area contributed by atoms with E-state index in [1.807, 2.05) is 36.4 Å². The summed E-state index contributed by atoms with van der Waals surface area (Å²) in [5, 5.41) is 0.789. The Kier molecular flexibility index (Phi) is 4.24. The Labute approximate surface area is 134 Å². The molecule has 3 aromatic rings. The van der Waals surface area contributed by atoms with Gasteiger partial charge in [0.05, 0.1) is 5.56 Å². The van der Waals surface area contributed by atoms with Crippen molar-refractivity contribution < 1.29 is 14.3 Å². The number of aryl methyl sites for hydroxylation is 1. The van der Waals surface area contributed by atoms with Crippen LogP contribution in [0.5, 0.6) is 0 Å². The first-order chi connectivity index (χ1) is 11.2. The van der Waals surface area contributed by atoms with Crippen LogP contribution in [-0.2, 0) is 11.2 Å². The number of hydrogen-bond donors (Lipinski definition) is 1. The van der Waals surface area contributed by atoms with E-state index >= 15 is 0 Å². The second kappa shape index (κ2) is 6.48. The number of carbonyl (C=O) groups excluding carboxylic acids is 2. The summed E-state index contributed by atoms with van der Waals surface area (Å²) in [6, 6.07) is 14.8. The van der Waals surface area contributed by atoms with E-state index in [2.05, 4.69) is 11.9 Å². The van der Waals surface area contributed by atoms with Gasteiger partial charge in [0.15, 0.2) is 12.4 Å². The number of hydrogen-bond acceptors (Lipinski definition) is 3. The molecule has 0 aliphatic carbocycles. The van der Waals surface area contributed by atoms with Crippen LogP contribution in [0.2, 0.25) is 0 Å². The van der Waals surface area contributed by atoms with Gasteiger partial charge in [0.2, 0.25) is 0 Å². The van der Waals surface area contributed by atoms with Crippen LogP contribution in [0, 0.1) is 0 Å². The third-order valence-electron chi connectivity index (χ3n) is 3.83. The molecule has 0 radical (unpaired) electrons. The molecule has 0 spiro atoms. The van der Waals surface area contributed by atoms with Gasteiger partial charge in [0.1, 0.15) is 0 Å². The average Bonchev–Trinajstić information content (AvgIpc) is 3.03. The van der Waals surface area contributed by atoms with Gasteiger partial charge < -0.3 is 9.72 Å². The summed E-state index contributed by atoms with van der Waals surface area (Å²) < 4.78 is 5.16. The van der Waals surface area contributed by atoms with Crippen LogP contribution in [0.15, 0.2) is 54.7 Å². The summed E-state index contributed by atoms with van der Waals surface area (Å²) in [7, 11) is 0. The zero-order chi connectivity index (χ0) is 16.2. The third kappa shape index (κ3) is 3.16. The van der Waals surface area contributed by atoms with Crippen LogP contribution in [0.25, 0.3) is 10.9 Å². The molecule has 4 nitrogen and oxygen atoms in total. The Balaban J connectivity index is 1.67. The Morgan fingerprint density at radius 2 is 1.78 bits per heavy atom. The van der Waals surface area contributed by atoms with Crippen molar-refractivity contribution in [2.75, 3.05) is 6.61 Å². The second-order valence-electron chi connectivity index (χ2n) is 5.30. The highest BCUT2D eigenvalue weighted by Gasteiger charge is 2.15. The number of rotatable bonds is 5. The molecule has 2 aromatic carbocycles. The number of esters is 1. The summed E-state index contributed by atoms with van der Waals surface area (Å²) >= 11 is 0. The predicted molar refractivity (Wildman–Crippen MR) is 88.7 cm³/mol. The minimum atomic E-state index is -0.499. The van der Waals surface area contributed by atoms with Crippen molar-refractivity contribution in [3.8, 4) is 0 Å². The van der Waals surface area contributed by atoms with Crippen LogP contribution < -0.4 is 0 Å². The number of para-hydroxylation sites is 1. The molecule has 1 heterocycles. The molecular formula is C19H17NO3. The third-order valence-corrected chi connectivity index (χ3v) is 3.83. The molecule has 3 rings (SSSR count). The number of aromatic amines is 1. The number of Topliss-reactive ketones (excluding diaryl/α,β-unsaturated/α-hetero) is 1. The highest BCUT2D eigenvalue weighted by atomic mass is 16.5. The topological polar surface area (TPSA) is 59.2 Å². The predicted octanol–water partition coefficient (Wildman–Crippen LogP) is 3.77. The molecule has 116 valence electrons. The van der Waals surface area contributed by atoms with Crippen molar-refractivity contribution in [2.45, 2.75) is 13.3 Å². The summed E-state index contributed by atoms with van der Waals surface area (Å²) in [5.41, 5.74) is 3.02. The molecule has 0 fully saturated rings. The maximum absolute atomic E-state index is 12.2. The first-order valence-corrected chi connectivity index (χ1v) is 7.54. The number of nitrogens with one attached hydrogen (secondary N) is 1. The van der Waals surface area contributed by atoms with E-state index in [9.17, 15) is 9.59 Å². The molecule has 0 atom stereocenters. The Morgan fingerprint density at radius 1 is 1.04 bits per heavy atom. The van der Waals surface area contributed by atoms with Crippen LogP contribution in [0.1, 0.15) is 33.2 Å². The van der Waals surface area contributed by atoms with Crippen molar-refractivity contribution in [1.29, 1.82) is 0 Å². The first kappa shape index (κ1) is 15.0. The van der Waals surface area contributed by atoms with Gasteiger partial charge in [-0.2, -0.15) is 0 Å². The maximum Gasteiger partial charge on any atom is 0.340 e. The molecule has 1 N–H and O–H groups in total. The van der Waals surface area contributed by atoms with E-state index in [0.717, 1.165) is 22.9 Å². The number of fused-ring (bicyclic) bond motifs is 1. The molecule has 0 aliphatic rings. The fourth-order valence-electron chi connectivity index (χ4n) is 2.46. The quantitative estimate of drug-likeness (QED) is 0.576. The average molecular weight is 307 g/mol. The summed E-state index contributed by atoms with van der Waals surface area (Å²) in [6.07, 6.45) is 2.53. The number of ether oxygens (including phenoxy) is 1. The van der Waals surface area contributed by atoms with Gasteiger partial charge in [-0.05, 0) is 18.1 Å². The zero-order valence-corrected chi connectivity index (χ0v) is 12.8. The van der Waals surface area contributed by atoms with E-state index in [-0.39, 0.29) is 12.4 Å². The van der Waals surface area contributed by atoms with Crippen LogP contribution >= 0.6 is 0 Å². The number of benzene rings is 2. The van der Waals surface area contributed by atoms with E-state index in [1.54, 1.807) is 18.3 Å². The fourth-order valence-corrected chi connectivity index (χ4v) is 2.46. The lowest BCUT2D eigenvalue weighted by Gasteiger charge is -2.04. The zero-order valence-electron chi connectivity index (χ0n) is 12.8. The van der Waals surface area contributed by atoms with Crippen molar-refractivity contribution in [2.24, 2.45) is 0 Å². The van der Waals surface area contributed by atoms with Crippen LogP contribution in [0.4, 0.5) is 0 Å². The lowest BCUT2D eigenvalue weighted by atomic mass is 10.1. The molecule has 0 amide bonds. The summed E-state index contributed by atoms with van der Waals surface area (Å²) in [5.74, 6) is -0.707. The van der Waals surface area contributed by atoms with Crippen LogP contribution in [-0.4, -0.2) is 23.3 Å². The Hall–Kier alpha value is -2.88. The van der Waals surface area contributed by atoms with Crippen molar-refractivity contribution in [3.05, 3.63) is 71.4 Å². The molecule has 23 heavy (non-hydrogen) atoms. The SMILES string of the molecule is CCc1ccc(C(=O)COC(=O)c2c[nH]c3ccccc23)cc1. The lowest BCUT2D eigenvalue weighted by molar-refractivity contribution is 0.0477. The van der Waals surface area contributed by atoms with Crippen molar-refractivity contribution in [1.82, 2.24) is 4.98 Å². The maximum atomic E-state index is 12.2. The van der Waals surface area contributed by atoms with E-state index in [0.29, 0.717) is 11.1 Å². The monoisotopic (exact) mass is 307 g/mol. The minimum absolute atomic E-state index is 0.208. The smallest absolute Gasteiger partial charge is 0.340 e. The number of ketones is 1. The van der Waals surface area contributed by atoms with Gasteiger partial charge in [-0.1, -0.05) is 49.4 Å². The van der Waals surface area contributed by atoms with Gasteiger partial charge in [0.25, 0.3) is 0 Å². The summed E-state index contributed by atoms with van der Waals surface area (Å²) in [6.45, 7) is 1.80. The van der Waals surface area contributed by atoms with Gasteiger partial charge in [0, 0.05) is 22.7 Å². The molecule has 1 aromatic heterocycles. The van der Waals surface area contributed by atoms with E-state index < -0.39 is 5.97 Å². The largest absolute Gasteiger partial charge is 0.454 e. The number of H-pyrrole nitrogens is 1. The van der Waals surface area contributed by atoms with E-state index in [4.69, 9.17) is 4.74 Å². The van der Waals surface area contributed by atoms with Crippen molar-refractivity contribution >= 4 is 22.7 Å². The van der Waals surface area contributed by atoms with Gasteiger partial charge in [-0.3, -0.25) is 4.79 Å². The normalized spacial score (nSPS) is 10.7. The molecule has 0 unspecified atom stereocenters.